The molecule has 16 heavy (non-hydrogen) atoms. The van der Waals surface area contributed by atoms with E-state index in [1.54, 1.807) is 10.9 Å². The molecular formula is C11H7IrN3O. The van der Waals surface area contributed by atoms with Gasteiger partial charge in [-0.05, 0) is 11.8 Å². The average Bonchev–Trinajstić information content (AvgIpc) is 2.89. The van der Waals surface area contributed by atoms with Crippen LogP contribution in [0.5, 0.6) is 0 Å². The van der Waals surface area contributed by atoms with Crippen LogP contribution in [0.2, 0.25) is 0 Å². The Balaban J connectivity index is 0. The number of hydrogen-bond donors (Lipinski definition) is 0. The summed E-state index contributed by atoms with van der Waals surface area (Å²) in [5.74, 6) is 0. The number of nitrogens with zero attached hydrogens (tertiary/aromatic N) is 3. The molecule has 0 N–H and O–H groups in total. The molecule has 1 heterocycles. The molecular weight excluding hydrogens is 382 g/mol. The Kier molecular flexibility index (Phi) is 11.8. The standard InChI is InChI=1S/C9H7N2.CN.CO.Ir/c1-2-5-9(6-3-1)11-8-4-7-10-11;2*1-2;/h1-5,7-8H;;;/q3*-1;+3. The van der Waals surface area contributed by atoms with Gasteiger partial charge in [-0.3, -0.25) is 4.68 Å². The second-order valence-electron chi connectivity index (χ2n) is 2.20. The van der Waals surface area contributed by atoms with Crippen LogP contribution in [0.25, 0.3) is 5.69 Å². The molecule has 5 heteroatoms. The Morgan fingerprint density at radius 2 is 1.94 bits per heavy atom. The van der Waals surface area contributed by atoms with Crippen molar-refractivity contribution < 1.29 is 24.9 Å². The van der Waals surface area contributed by atoms with E-state index in [1.165, 1.54) is 0 Å². The number of carbonyl (C=O) groups excluding carboxylic acids is 1. The van der Waals surface area contributed by atoms with Crippen molar-refractivity contribution in [3.63, 3.8) is 0 Å². The zero-order chi connectivity index (χ0) is 11.5. The van der Waals surface area contributed by atoms with E-state index in [0.29, 0.717) is 0 Å². The zero-order valence-corrected chi connectivity index (χ0v) is 10.5. The Morgan fingerprint density at radius 3 is 2.38 bits per heavy atom. The first-order valence-electron chi connectivity index (χ1n) is 3.86. The third-order valence-electron chi connectivity index (χ3n) is 1.44. The zero-order valence-electron chi connectivity index (χ0n) is 8.12. The molecule has 0 aliphatic carbocycles. The topological polar surface area (TPSA) is 58.7 Å². The van der Waals surface area contributed by atoms with Gasteiger partial charge in [-0.2, -0.15) is 29.4 Å². The summed E-state index contributed by atoms with van der Waals surface area (Å²) >= 11 is 0. The van der Waals surface area contributed by atoms with E-state index in [1.807, 2.05) is 36.5 Å². The summed E-state index contributed by atoms with van der Waals surface area (Å²) in [6.45, 7) is 9.25. The molecule has 1 aromatic carbocycles. The summed E-state index contributed by atoms with van der Waals surface area (Å²) in [6, 6.07) is 12.7. The fourth-order valence-corrected chi connectivity index (χ4v) is 0.938. The number of benzene rings is 1. The van der Waals surface area contributed by atoms with Crippen molar-refractivity contribution in [3.05, 3.63) is 55.4 Å². The maximum Gasteiger partial charge on any atom is 3.00 e. The van der Waals surface area contributed by atoms with Crippen LogP contribution in [0, 0.1) is 17.9 Å². The Morgan fingerprint density at radius 1 is 1.25 bits per heavy atom. The van der Waals surface area contributed by atoms with Crippen molar-refractivity contribution in [1.82, 2.24) is 9.78 Å². The molecule has 0 saturated heterocycles. The van der Waals surface area contributed by atoms with Gasteiger partial charge in [0.05, 0.1) is 0 Å². The van der Waals surface area contributed by atoms with Gasteiger partial charge >= 0.3 is 20.1 Å². The molecule has 0 aliphatic heterocycles. The van der Waals surface area contributed by atoms with Crippen LogP contribution in [-0.2, 0) is 24.9 Å². The van der Waals surface area contributed by atoms with Gasteiger partial charge < -0.3 is 23.4 Å². The van der Waals surface area contributed by atoms with Crippen molar-refractivity contribution >= 4 is 6.79 Å². The SMILES string of the molecule is [C-]#N.[C-]=O.[Ir+3].[c-]1ccccc1-n1cccn1. The summed E-state index contributed by atoms with van der Waals surface area (Å²) in [5, 5.41) is 10.3. The molecule has 2 rings (SSSR count). The third kappa shape index (κ3) is 5.20. The Bertz CT molecular complexity index is 373. The minimum atomic E-state index is 0. The van der Waals surface area contributed by atoms with Crippen LogP contribution in [0.4, 0.5) is 0 Å². The monoisotopic (exact) mass is 390 g/mol. The van der Waals surface area contributed by atoms with Crippen molar-refractivity contribution in [1.29, 1.82) is 5.26 Å². The maximum absolute atomic E-state index is 7.50. The molecule has 4 nitrogen and oxygen atoms in total. The van der Waals surface area contributed by atoms with Gasteiger partial charge in [-0.15, -0.1) is 6.07 Å². The molecule has 81 valence electrons. The molecule has 1 radical (unpaired) electrons. The van der Waals surface area contributed by atoms with Crippen LogP contribution in [-0.4, -0.2) is 16.6 Å². The third-order valence-corrected chi connectivity index (χ3v) is 1.44. The van der Waals surface area contributed by atoms with Gasteiger partial charge in [0, 0.05) is 12.4 Å². The molecule has 0 aliphatic rings. The normalized spacial score (nSPS) is 7.12. The van der Waals surface area contributed by atoms with Gasteiger partial charge in [-0.25, -0.2) is 0 Å². The summed E-state index contributed by atoms with van der Waals surface area (Å²) in [4.78, 5) is 7.50. The Hall–Kier alpha value is -1.76. The summed E-state index contributed by atoms with van der Waals surface area (Å²) in [5.41, 5.74) is 0.970. The predicted octanol–water partition coefficient (Wildman–Crippen LogP) is 1.37. The van der Waals surface area contributed by atoms with Crippen molar-refractivity contribution in [2.24, 2.45) is 0 Å². The van der Waals surface area contributed by atoms with E-state index in [4.69, 9.17) is 16.6 Å². The molecule has 0 amide bonds. The van der Waals surface area contributed by atoms with Gasteiger partial charge in [-0.1, -0.05) is 0 Å². The van der Waals surface area contributed by atoms with Crippen LogP contribution >= 0.6 is 0 Å². The molecule has 2 aromatic rings. The van der Waals surface area contributed by atoms with Crippen LogP contribution in [0.3, 0.4) is 0 Å². The first-order chi connectivity index (χ1) is 7.47. The summed E-state index contributed by atoms with van der Waals surface area (Å²) in [7, 11) is 0. The quantitative estimate of drug-likeness (QED) is 0.693. The summed E-state index contributed by atoms with van der Waals surface area (Å²) < 4.78 is 1.78. The smallest absolute Gasteiger partial charge is 0.573 e. The predicted molar refractivity (Wildman–Crippen MR) is 53.1 cm³/mol. The number of para-hydroxylation sites is 1. The van der Waals surface area contributed by atoms with Crippen LogP contribution in [0.15, 0.2) is 42.7 Å². The fraction of sp³-hybridized carbons (Fsp3) is 0. The maximum atomic E-state index is 7.50. The van der Waals surface area contributed by atoms with Gasteiger partial charge in [0.15, 0.2) is 0 Å². The summed E-state index contributed by atoms with van der Waals surface area (Å²) in [6.07, 6.45) is 3.65. The second-order valence-corrected chi connectivity index (χ2v) is 2.20. The Labute approximate surface area is 108 Å². The van der Waals surface area contributed by atoms with E-state index < -0.39 is 0 Å². The average molecular weight is 389 g/mol. The first kappa shape index (κ1) is 16.7. The van der Waals surface area contributed by atoms with E-state index in [0.717, 1.165) is 5.69 Å². The molecule has 0 bridgehead atoms. The molecule has 0 spiro atoms. The first-order valence-corrected chi connectivity index (χ1v) is 3.86. The largest absolute Gasteiger partial charge is 3.00 e. The van der Waals surface area contributed by atoms with E-state index in [2.05, 4.69) is 18.0 Å². The number of aromatic nitrogens is 2. The van der Waals surface area contributed by atoms with E-state index >= 15 is 0 Å². The van der Waals surface area contributed by atoms with Gasteiger partial charge in [0.1, 0.15) is 0 Å². The minimum absolute atomic E-state index is 0. The van der Waals surface area contributed by atoms with E-state index in [-0.39, 0.29) is 20.1 Å². The van der Waals surface area contributed by atoms with Gasteiger partial charge in [0.25, 0.3) is 0 Å². The molecule has 0 unspecified atom stereocenters. The van der Waals surface area contributed by atoms with Crippen molar-refractivity contribution in [3.8, 4) is 5.69 Å². The molecule has 0 saturated carbocycles. The number of rotatable bonds is 1. The van der Waals surface area contributed by atoms with Crippen molar-refractivity contribution in [2.45, 2.75) is 0 Å². The van der Waals surface area contributed by atoms with Crippen LogP contribution in [0.1, 0.15) is 0 Å². The van der Waals surface area contributed by atoms with Crippen LogP contribution < -0.4 is 0 Å². The molecule has 1 aromatic heterocycles. The molecule has 0 atom stereocenters. The van der Waals surface area contributed by atoms with Crippen molar-refractivity contribution in [2.75, 3.05) is 0 Å². The minimum Gasteiger partial charge on any atom is -0.573 e. The molecule has 0 fully saturated rings. The van der Waals surface area contributed by atoms with Gasteiger partial charge in [0.2, 0.25) is 0 Å². The second kappa shape index (κ2) is 11.3. The fourth-order valence-electron chi connectivity index (χ4n) is 0.938. The number of hydrogen-bond acceptors (Lipinski definition) is 3. The van der Waals surface area contributed by atoms with E-state index in [9.17, 15) is 0 Å².